The second kappa shape index (κ2) is 4.00. The van der Waals surface area contributed by atoms with Crippen LogP contribution in [0.25, 0.3) is 0 Å². The molecule has 1 aliphatic carbocycles. The fraction of sp³-hybridized carbons (Fsp3) is 0.700. The molecule has 0 radical (unpaired) electrons. The number of anilines is 1. The molecular formula is C10H16N2O2. The number of hydrogen-bond donors (Lipinski definition) is 1. The van der Waals surface area contributed by atoms with Crippen LogP contribution in [0.1, 0.15) is 31.9 Å². The number of aromatic nitrogens is 1. The van der Waals surface area contributed by atoms with Crippen LogP contribution in [-0.4, -0.2) is 22.7 Å². The van der Waals surface area contributed by atoms with Crippen molar-refractivity contribution in [3.63, 3.8) is 0 Å². The standard InChI is InChI=1S/C10H16N2O2/c1-2-5-12(9-3-4-9)10-11-8(6-13)7-14-10/h7,9,13H,2-6H2,1H3. The van der Waals surface area contributed by atoms with Gasteiger partial charge in [0.2, 0.25) is 0 Å². The van der Waals surface area contributed by atoms with Gasteiger partial charge < -0.3 is 14.4 Å². The van der Waals surface area contributed by atoms with Crippen LogP contribution in [0.5, 0.6) is 0 Å². The van der Waals surface area contributed by atoms with Gasteiger partial charge in [0.25, 0.3) is 6.01 Å². The third-order valence-corrected chi connectivity index (χ3v) is 2.40. The summed E-state index contributed by atoms with van der Waals surface area (Å²) in [5.41, 5.74) is 0.613. The maximum Gasteiger partial charge on any atom is 0.297 e. The minimum Gasteiger partial charge on any atom is -0.432 e. The van der Waals surface area contributed by atoms with Gasteiger partial charge in [-0.2, -0.15) is 4.98 Å². The molecule has 1 saturated carbocycles. The molecule has 1 N–H and O–H groups in total. The van der Waals surface area contributed by atoms with Crippen LogP contribution >= 0.6 is 0 Å². The van der Waals surface area contributed by atoms with Crippen LogP contribution in [0.4, 0.5) is 6.01 Å². The van der Waals surface area contributed by atoms with Gasteiger partial charge in [0.05, 0.1) is 6.61 Å². The lowest BCUT2D eigenvalue weighted by molar-refractivity contribution is 0.276. The molecular weight excluding hydrogens is 180 g/mol. The summed E-state index contributed by atoms with van der Waals surface area (Å²) in [5, 5.41) is 8.88. The Kier molecular flexibility index (Phi) is 2.72. The van der Waals surface area contributed by atoms with Crippen molar-refractivity contribution < 1.29 is 9.52 Å². The lowest BCUT2D eigenvalue weighted by Crippen LogP contribution is -2.26. The van der Waals surface area contributed by atoms with Crippen LogP contribution in [0.15, 0.2) is 10.7 Å². The molecule has 1 fully saturated rings. The molecule has 14 heavy (non-hydrogen) atoms. The summed E-state index contributed by atoms with van der Waals surface area (Å²) in [6.07, 6.45) is 5.08. The number of rotatable bonds is 5. The van der Waals surface area contributed by atoms with Crippen molar-refractivity contribution in [3.8, 4) is 0 Å². The van der Waals surface area contributed by atoms with Crippen molar-refractivity contribution in [2.45, 2.75) is 38.8 Å². The number of aliphatic hydroxyl groups is 1. The predicted octanol–water partition coefficient (Wildman–Crippen LogP) is 1.55. The first-order chi connectivity index (χ1) is 6.85. The molecule has 0 aliphatic heterocycles. The molecule has 1 aliphatic rings. The van der Waals surface area contributed by atoms with E-state index in [-0.39, 0.29) is 6.61 Å². The molecule has 4 nitrogen and oxygen atoms in total. The van der Waals surface area contributed by atoms with Crippen LogP contribution < -0.4 is 4.90 Å². The molecule has 4 heteroatoms. The summed E-state index contributed by atoms with van der Waals surface area (Å²) < 4.78 is 5.33. The minimum absolute atomic E-state index is 0.0475. The van der Waals surface area contributed by atoms with E-state index in [9.17, 15) is 0 Å². The highest BCUT2D eigenvalue weighted by atomic mass is 16.4. The molecule has 0 amide bonds. The number of aliphatic hydroxyl groups excluding tert-OH is 1. The smallest absolute Gasteiger partial charge is 0.297 e. The lowest BCUT2D eigenvalue weighted by atomic mass is 10.4. The molecule has 0 atom stereocenters. The van der Waals surface area contributed by atoms with Crippen LogP contribution in [0.2, 0.25) is 0 Å². The normalized spacial score (nSPS) is 15.9. The molecule has 0 unspecified atom stereocenters. The summed E-state index contributed by atoms with van der Waals surface area (Å²) in [6.45, 7) is 3.08. The van der Waals surface area contributed by atoms with E-state index in [1.807, 2.05) is 0 Å². The molecule has 1 aromatic heterocycles. The average Bonchev–Trinajstić information content (AvgIpc) is 2.92. The monoisotopic (exact) mass is 196 g/mol. The largest absolute Gasteiger partial charge is 0.432 e. The van der Waals surface area contributed by atoms with Crippen molar-refractivity contribution in [2.24, 2.45) is 0 Å². The summed E-state index contributed by atoms with van der Waals surface area (Å²) in [4.78, 5) is 6.41. The zero-order valence-electron chi connectivity index (χ0n) is 8.44. The number of hydrogen-bond acceptors (Lipinski definition) is 4. The van der Waals surface area contributed by atoms with E-state index >= 15 is 0 Å². The fourth-order valence-corrected chi connectivity index (χ4v) is 1.56. The Morgan fingerprint density at radius 1 is 1.64 bits per heavy atom. The molecule has 1 heterocycles. The highest BCUT2D eigenvalue weighted by Gasteiger charge is 2.31. The molecule has 0 bridgehead atoms. The molecule has 1 aromatic rings. The second-order valence-electron chi connectivity index (χ2n) is 3.70. The van der Waals surface area contributed by atoms with Crippen molar-refractivity contribution in [1.29, 1.82) is 0 Å². The molecule has 78 valence electrons. The highest BCUT2D eigenvalue weighted by molar-refractivity contribution is 5.31. The SMILES string of the molecule is CCCN(c1nc(CO)co1)C1CC1. The van der Waals surface area contributed by atoms with Crippen molar-refractivity contribution in [1.82, 2.24) is 4.98 Å². The third kappa shape index (κ3) is 1.90. The maximum atomic E-state index is 8.88. The third-order valence-electron chi connectivity index (χ3n) is 2.40. The van der Waals surface area contributed by atoms with Gasteiger partial charge in [0.1, 0.15) is 12.0 Å². The Morgan fingerprint density at radius 3 is 2.93 bits per heavy atom. The highest BCUT2D eigenvalue weighted by Crippen LogP contribution is 2.31. The van der Waals surface area contributed by atoms with Crippen molar-refractivity contribution in [3.05, 3.63) is 12.0 Å². The van der Waals surface area contributed by atoms with Crippen LogP contribution in [0.3, 0.4) is 0 Å². The summed E-state index contributed by atoms with van der Waals surface area (Å²) in [7, 11) is 0. The van der Waals surface area contributed by atoms with E-state index in [1.54, 1.807) is 0 Å². The van der Waals surface area contributed by atoms with Crippen LogP contribution in [0, 0.1) is 0 Å². The Bertz CT molecular complexity index is 294. The number of nitrogens with zero attached hydrogens (tertiary/aromatic N) is 2. The maximum absolute atomic E-state index is 8.88. The minimum atomic E-state index is -0.0475. The van der Waals surface area contributed by atoms with E-state index < -0.39 is 0 Å². The van der Waals surface area contributed by atoms with Gasteiger partial charge in [-0.15, -0.1) is 0 Å². The van der Waals surface area contributed by atoms with Gasteiger partial charge in [-0.1, -0.05) is 6.92 Å². The summed E-state index contributed by atoms with van der Waals surface area (Å²) in [6, 6.07) is 1.28. The van der Waals surface area contributed by atoms with Gasteiger partial charge in [-0.3, -0.25) is 0 Å². The zero-order chi connectivity index (χ0) is 9.97. The van der Waals surface area contributed by atoms with Gasteiger partial charge in [-0.05, 0) is 19.3 Å². The topological polar surface area (TPSA) is 49.5 Å². The van der Waals surface area contributed by atoms with Gasteiger partial charge in [-0.25, -0.2) is 0 Å². The van der Waals surface area contributed by atoms with E-state index in [1.165, 1.54) is 19.1 Å². The van der Waals surface area contributed by atoms with E-state index in [0.717, 1.165) is 13.0 Å². The van der Waals surface area contributed by atoms with Crippen molar-refractivity contribution in [2.75, 3.05) is 11.4 Å². The fourth-order valence-electron chi connectivity index (χ4n) is 1.56. The Hall–Kier alpha value is -1.03. The zero-order valence-corrected chi connectivity index (χ0v) is 8.44. The predicted molar refractivity (Wildman–Crippen MR) is 53.1 cm³/mol. The van der Waals surface area contributed by atoms with Crippen molar-refractivity contribution >= 4 is 6.01 Å². The second-order valence-corrected chi connectivity index (χ2v) is 3.70. The molecule has 0 aromatic carbocycles. The Morgan fingerprint density at radius 2 is 2.43 bits per heavy atom. The van der Waals surface area contributed by atoms with Gasteiger partial charge in [0.15, 0.2) is 0 Å². The molecule has 2 rings (SSSR count). The van der Waals surface area contributed by atoms with E-state index in [2.05, 4.69) is 16.8 Å². The van der Waals surface area contributed by atoms with E-state index in [4.69, 9.17) is 9.52 Å². The number of oxazole rings is 1. The molecule has 0 spiro atoms. The van der Waals surface area contributed by atoms with Crippen LogP contribution in [-0.2, 0) is 6.61 Å². The van der Waals surface area contributed by atoms with E-state index in [0.29, 0.717) is 17.8 Å². The van der Waals surface area contributed by atoms with Gasteiger partial charge in [0, 0.05) is 12.6 Å². The quantitative estimate of drug-likeness (QED) is 0.776. The first-order valence-electron chi connectivity index (χ1n) is 5.17. The summed E-state index contributed by atoms with van der Waals surface area (Å²) >= 11 is 0. The lowest BCUT2D eigenvalue weighted by Gasteiger charge is -2.18. The van der Waals surface area contributed by atoms with Gasteiger partial charge >= 0.3 is 0 Å². The average molecular weight is 196 g/mol. The first-order valence-corrected chi connectivity index (χ1v) is 5.17. The summed E-state index contributed by atoms with van der Waals surface area (Å²) in [5.74, 6) is 0. The molecule has 0 saturated heterocycles. The first kappa shape index (κ1) is 9.52. The Labute approximate surface area is 83.5 Å². The Balaban J connectivity index is 2.08.